The van der Waals surface area contributed by atoms with Gasteiger partial charge in [0.15, 0.2) is 0 Å². The van der Waals surface area contributed by atoms with E-state index in [1.54, 1.807) is 18.3 Å². The molecule has 1 aromatic carbocycles. The second-order valence-corrected chi connectivity index (χ2v) is 5.25. The predicted molar refractivity (Wildman–Crippen MR) is 71.4 cm³/mol. The summed E-state index contributed by atoms with van der Waals surface area (Å²) < 4.78 is 18.5. The number of benzene rings is 1. The second kappa shape index (κ2) is 5.34. The Labute approximate surface area is 116 Å². The monoisotopic (exact) mass is 276 g/mol. The molecule has 4 nitrogen and oxygen atoms in total. The summed E-state index contributed by atoms with van der Waals surface area (Å²) in [5, 5.41) is 9.90. The average Bonchev–Trinajstić information content (AvgIpc) is 2.97. The lowest BCUT2D eigenvalue weighted by atomic mass is 10.0. The van der Waals surface area contributed by atoms with E-state index in [1.165, 1.54) is 12.1 Å². The first-order valence-electron chi connectivity index (χ1n) is 6.70. The molecule has 0 unspecified atom stereocenters. The summed E-state index contributed by atoms with van der Waals surface area (Å²) in [6, 6.07) is 6.51. The lowest BCUT2D eigenvalue weighted by Crippen LogP contribution is -2.24. The van der Waals surface area contributed by atoms with Crippen molar-refractivity contribution in [1.82, 2.24) is 9.88 Å². The van der Waals surface area contributed by atoms with Crippen molar-refractivity contribution in [2.24, 2.45) is 0 Å². The van der Waals surface area contributed by atoms with E-state index < -0.39 is 0 Å². The number of aliphatic hydroxyl groups is 1. The van der Waals surface area contributed by atoms with Gasteiger partial charge < -0.3 is 9.52 Å². The van der Waals surface area contributed by atoms with E-state index in [-0.39, 0.29) is 18.0 Å². The molecule has 0 amide bonds. The van der Waals surface area contributed by atoms with Crippen LogP contribution in [0.1, 0.15) is 29.7 Å². The second-order valence-electron chi connectivity index (χ2n) is 5.25. The molecule has 1 saturated heterocycles. The van der Waals surface area contributed by atoms with Crippen LogP contribution in [0.5, 0.6) is 0 Å². The standard InChI is InChI=1S/C15H17FN2O2/c1-10-7-17-15(20-10)9-18-8-13(19)6-14(18)11-2-4-12(16)5-3-11/h2-5,7,13-14,19H,6,8-9H2,1H3/t13-,14-/m0/s1. The molecule has 20 heavy (non-hydrogen) atoms. The summed E-state index contributed by atoms with van der Waals surface area (Å²) >= 11 is 0. The molecule has 106 valence electrons. The van der Waals surface area contributed by atoms with Crippen molar-refractivity contribution in [3.8, 4) is 0 Å². The topological polar surface area (TPSA) is 49.5 Å². The highest BCUT2D eigenvalue weighted by molar-refractivity contribution is 5.21. The fourth-order valence-corrected chi connectivity index (χ4v) is 2.73. The van der Waals surface area contributed by atoms with E-state index in [0.717, 1.165) is 11.3 Å². The van der Waals surface area contributed by atoms with Crippen LogP contribution >= 0.6 is 0 Å². The third kappa shape index (κ3) is 2.73. The number of nitrogens with zero attached hydrogens (tertiary/aromatic N) is 2. The van der Waals surface area contributed by atoms with Crippen molar-refractivity contribution in [2.45, 2.75) is 32.0 Å². The number of likely N-dealkylation sites (tertiary alicyclic amines) is 1. The van der Waals surface area contributed by atoms with Gasteiger partial charge in [-0.15, -0.1) is 0 Å². The summed E-state index contributed by atoms with van der Waals surface area (Å²) in [5.41, 5.74) is 1.01. The van der Waals surface area contributed by atoms with Crippen LogP contribution in [0.25, 0.3) is 0 Å². The highest BCUT2D eigenvalue weighted by Gasteiger charge is 2.32. The van der Waals surface area contributed by atoms with Crippen molar-refractivity contribution in [3.05, 3.63) is 53.5 Å². The highest BCUT2D eigenvalue weighted by Crippen LogP contribution is 2.33. The first-order valence-corrected chi connectivity index (χ1v) is 6.70. The number of aliphatic hydroxyl groups excluding tert-OH is 1. The van der Waals surface area contributed by atoms with E-state index in [4.69, 9.17) is 4.42 Å². The first-order chi connectivity index (χ1) is 9.61. The van der Waals surface area contributed by atoms with Gasteiger partial charge >= 0.3 is 0 Å². The molecule has 5 heteroatoms. The van der Waals surface area contributed by atoms with E-state index in [9.17, 15) is 9.50 Å². The van der Waals surface area contributed by atoms with Crippen molar-refractivity contribution >= 4 is 0 Å². The van der Waals surface area contributed by atoms with Crippen LogP contribution in [0.2, 0.25) is 0 Å². The number of β-amino-alcohol motifs (C(OH)–C–C–N with tert-alkyl or cyclic N) is 1. The maximum atomic E-state index is 13.0. The van der Waals surface area contributed by atoms with Crippen LogP contribution in [0.3, 0.4) is 0 Å². The fourth-order valence-electron chi connectivity index (χ4n) is 2.73. The van der Waals surface area contributed by atoms with Crippen molar-refractivity contribution in [2.75, 3.05) is 6.54 Å². The highest BCUT2D eigenvalue weighted by atomic mass is 19.1. The third-order valence-electron chi connectivity index (χ3n) is 3.64. The minimum Gasteiger partial charge on any atom is -0.445 e. The molecule has 1 fully saturated rings. The van der Waals surface area contributed by atoms with Gasteiger partial charge in [-0.05, 0) is 31.0 Å². The zero-order valence-electron chi connectivity index (χ0n) is 11.3. The minimum absolute atomic E-state index is 0.0674. The smallest absolute Gasteiger partial charge is 0.208 e. The average molecular weight is 276 g/mol. The Bertz CT molecular complexity index is 582. The summed E-state index contributed by atoms with van der Waals surface area (Å²) in [7, 11) is 0. The summed E-state index contributed by atoms with van der Waals surface area (Å²) in [6.45, 7) is 2.98. The Kier molecular flexibility index (Phi) is 3.54. The number of halogens is 1. The summed E-state index contributed by atoms with van der Waals surface area (Å²) in [4.78, 5) is 6.31. The quantitative estimate of drug-likeness (QED) is 0.935. The van der Waals surface area contributed by atoms with Crippen molar-refractivity contribution in [1.29, 1.82) is 0 Å². The van der Waals surface area contributed by atoms with Gasteiger partial charge in [-0.3, -0.25) is 4.90 Å². The fraction of sp³-hybridized carbons (Fsp3) is 0.400. The molecule has 1 N–H and O–H groups in total. The van der Waals surface area contributed by atoms with Gasteiger partial charge in [-0.2, -0.15) is 0 Å². The number of aromatic nitrogens is 1. The van der Waals surface area contributed by atoms with Gasteiger partial charge in [-0.1, -0.05) is 12.1 Å². The molecule has 0 aliphatic carbocycles. The van der Waals surface area contributed by atoms with E-state index >= 15 is 0 Å². The van der Waals surface area contributed by atoms with Crippen LogP contribution in [0.15, 0.2) is 34.9 Å². The molecule has 1 aliphatic rings. The SMILES string of the molecule is Cc1cnc(CN2C[C@@H](O)C[C@H]2c2ccc(F)cc2)o1. The Morgan fingerprint density at radius 2 is 2.15 bits per heavy atom. The van der Waals surface area contributed by atoms with Crippen molar-refractivity contribution in [3.63, 3.8) is 0 Å². The molecule has 1 aliphatic heterocycles. The molecule has 0 spiro atoms. The number of hydrogen-bond acceptors (Lipinski definition) is 4. The zero-order valence-corrected chi connectivity index (χ0v) is 11.3. The van der Waals surface area contributed by atoms with Crippen LogP contribution < -0.4 is 0 Å². The Morgan fingerprint density at radius 1 is 1.40 bits per heavy atom. The third-order valence-corrected chi connectivity index (χ3v) is 3.64. The molecule has 0 radical (unpaired) electrons. The van der Waals surface area contributed by atoms with Gasteiger partial charge in [0.2, 0.25) is 5.89 Å². The molecule has 0 bridgehead atoms. The molecular formula is C15H17FN2O2. The first kappa shape index (κ1) is 13.3. The summed E-state index contributed by atoms with van der Waals surface area (Å²) in [6.07, 6.45) is 1.96. The van der Waals surface area contributed by atoms with E-state index in [0.29, 0.717) is 25.4 Å². The predicted octanol–water partition coefficient (Wildman–Crippen LogP) is 2.43. The van der Waals surface area contributed by atoms with Crippen LogP contribution in [-0.2, 0) is 6.54 Å². The van der Waals surface area contributed by atoms with Gasteiger partial charge in [0.05, 0.1) is 18.8 Å². The Morgan fingerprint density at radius 3 is 2.80 bits per heavy atom. The molecular weight excluding hydrogens is 259 g/mol. The summed E-state index contributed by atoms with van der Waals surface area (Å²) in [5.74, 6) is 1.17. The number of hydrogen-bond donors (Lipinski definition) is 1. The number of aryl methyl sites for hydroxylation is 1. The Balaban J connectivity index is 1.79. The Hall–Kier alpha value is -1.72. The molecule has 0 saturated carbocycles. The van der Waals surface area contributed by atoms with E-state index in [1.807, 2.05) is 6.92 Å². The zero-order chi connectivity index (χ0) is 14.1. The van der Waals surface area contributed by atoms with Crippen molar-refractivity contribution < 1.29 is 13.9 Å². The maximum absolute atomic E-state index is 13.0. The van der Waals surface area contributed by atoms with E-state index in [2.05, 4.69) is 9.88 Å². The lowest BCUT2D eigenvalue weighted by molar-refractivity contribution is 0.167. The largest absolute Gasteiger partial charge is 0.445 e. The molecule has 2 aromatic rings. The molecule has 1 aromatic heterocycles. The van der Waals surface area contributed by atoms with Crippen LogP contribution in [0, 0.1) is 12.7 Å². The van der Waals surface area contributed by atoms with Crippen LogP contribution in [-0.4, -0.2) is 27.6 Å². The normalized spacial score (nSPS) is 23.4. The number of rotatable bonds is 3. The van der Waals surface area contributed by atoms with Gasteiger partial charge in [-0.25, -0.2) is 9.37 Å². The number of oxazole rings is 1. The van der Waals surface area contributed by atoms with Gasteiger partial charge in [0.25, 0.3) is 0 Å². The maximum Gasteiger partial charge on any atom is 0.208 e. The lowest BCUT2D eigenvalue weighted by Gasteiger charge is -2.22. The van der Waals surface area contributed by atoms with Gasteiger partial charge in [0, 0.05) is 12.6 Å². The minimum atomic E-state index is -0.374. The molecule has 2 heterocycles. The van der Waals surface area contributed by atoms with Gasteiger partial charge in [0.1, 0.15) is 11.6 Å². The van der Waals surface area contributed by atoms with Crippen LogP contribution in [0.4, 0.5) is 4.39 Å². The molecule has 2 atom stereocenters. The molecule has 3 rings (SSSR count).